The Balaban J connectivity index is 1.56. The summed E-state index contributed by atoms with van der Waals surface area (Å²) in [5.74, 6) is -0.286. The van der Waals surface area contributed by atoms with Gasteiger partial charge in [0.2, 0.25) is 0 Å². The summed E-state index contributed by atoms with van der Waals surface area (Å²) in [5, 5.41) is 12.1. The van der Waals surface area contributed by atoms with Gasteiger partial charge in [0, 0.05) is 16.1 Å². The summed E-state index contributed by atoms with van der Waals surface area (Å²) < 4.78 is 0. The Hall–Kier alpha value is -2.92. The van der Waals surface area contributed by atoms with Gasteiger partial charge in [0.15, 0.2) is 0 Å². The molecule has 26 heavy (non-hydrogen) atoms. The van der Waals surface area contributed by atoms with Gasteiger partial charge in [0.25, 0.3) is 5.91 Å². The van der Waals surface area contributed by atoms with E-state index in [1.165, 1.54) is 5.56 Å². The molecular weight excluding hydrogens is 348 g/mol. The number of H-pyrrole nitrogens is 1. The van der Waals surface area contributed by atoms with Crippen LogP contribution in [-0.2, 0) is 12.8 Å². The maximum atomic E-state index is 12.6. The second-order valence-electron chi connectivity index (χ2n) is 6.23. The molecule has 2 N–H and O–H groups in total. The number of hydrogen-bond donors (Lipinski definition) is 2. The molecule has 2 aromatic carbocycles. The minimum Gasteiger partial charge on any atom is -0.272 e. The summed E-state index contributed by atoms with van der Waals surface area (Å²) in [6.07, 6.45) is 1.68. The van der Waals surface area contributed by atoms with Gasteiger partial charge in [-0.05, 0) is 43.0 Å². The Morgan fingerprint density at radius 1 is 1.15 bits per heavy atom. The van der Waals surface area contributed by atoms with Crippen LogP contribution in [0.15, 0.2) is 53.6 Å². The first-order valence-corrected chi connectivity index (χ1v) is 8.77. The number of carbonyl (C=O) groups is 1. The zero-order valence-electron chi connectivity index (χ0n) is 14.2. The number of rotatable bonds is 3. The molecule has 130 valence electrons. The van der Waals surface area contributed by atoms with Gasteiger partial charge < -0.3 is 0 Å². The van der Waals surface area contributed by atoms with E-state index >= 15 is 0 Å². The summed E-state index contributed by atoms with van der Waals surface area (Å²) in [6, 6.07) is 15.5. The third-order valence-corrected chi connectivity index (χ3v) is 4.85. The van der Waals surface area contributed by atoms with E-state index in [9.17, 15) is 4.79 Å². The van der Waals surface area contributed by atoms with Crippen LogP contribution in [0.2, 0.25) is 5.02 Å². The van der Waals surface area contributed by atoms with Crippen molar-refractivity contribution in [3.05, 3.63) is 75.9 Å². The van der Waals surface area contributed by atoms with Gasteiger partial charge in [-0.1, -0.05) is 48.0 Å². The highest BCUT2D eigenvalue weighted by atomic mass is 35.5. The Labute approximate surface area is 156 Å². The predicted molar refractivity (Wildman–Crippen MR) is 103 cm³/mol. The maximum absolute atomic E-state index is 12.6. The monoisotopic (exact) mass is 364 g/mol. The van der Waals surface area contributed by atoms with Gasteiger partial charge in [-0.3, -0.25) is 9.89 Å². The van der Waals surface area contributed by atoms with E-state index in [1.54, 1.807) is 12.1 Å². The first-order chi connectivity index (χ1) is 12.6. The van der Waals surface area contributed by atoms with Crippen LogP contribution in [0.1, 0.15) is 34.1 Å². The molecule has 0 saturated carbocycles. The van der Waals surface area contributed by atoms with Gasteiger partial charge in [-0.25, -0.2) is 5.43 Å². The van der Waals surface area contributed by atoms with Gasteiger partial charge in [0.1, 0.15) is 5.69 Å². The van der Waals surface area contributed by atoms with Crippen LogP contribution in [0, 0.1) is 0 Å². The fourth-order valence-corrected chi connectivity index (χ4v) is 3.32. The largest absolute Gasteiger partial charge is 0.289 e. The Morgan fingerprint density at radius 2 is 1.92 bits per heavy atom. The number of nitrogens with one attached hydrogen (secondary N) is 2. The van der Waals surface area contributed by atoms with E-state index < -0.39 is 0 Å². The molecule has 0 saturated heterocycles. The highest BCUT2D eigenvalue weighted by molar-refractivity contribution is 6.30. The summed E-state index contributed by atoms with van der Waals surface area (Å²) in [4.78, 5) is 12.6. The van der Waals surface area contributed by atoms with E-state index in [4.69, 9.17) is 11.6 Å². The highest BCUT2D eigenvalue weighted by Crippen LogP contribution is 2.33. The van der Waals surface area contributed by atoms with Crippen LogP contribution in [0.25, 0.3) is 11.3 Å². The van der Waals surface area contributed by atoms with Gasteiger partial charge in [0.05, 0.1) is 11.4 Å². The second kappa shape index (κ2) is 6.77. The lowest BCUT2D eigenvalue weighted by Gasteiger charge is -2.15. The minimum atomic E-state index is -0.286. The van der Waals surface area contributed by atoms with Gasteiger partial charge in [-0.15, -0.1) is 0 Å². The number of nitrogens with zero attached hydrogens (tertiary/aromatic N) is 2. The smallest absolute Gasteiger partial charge is 0.272 e. The Morgan fingerprint density at radius 3 is 2.73 bits per heavy atom. The van der Waals surface area contributed by atoms with E-state index in [0.717, 1.165) is 35.2 Å². The molecule has 5 nitrogen and oxygen atoms in total. The SMILES string of the molecule is CC(=NNC(=O)c1[nH]nc2c1CCc1ccccc1-2)c1ccc(Cl)cc1. The molecule has 4 rings (SSSR count). The molecule has 0 unspecified atom stereocenters. The molecule has 0 fully saturated rings. The van der Waals surface area contributed by atoms with Crippen molar-refractivity contribution in [2.45, 2.75) is 19.8 Å². The summed E-state index contributed by atoms with van der Waals surface area (Å²) in [6.45, 7) is 1.84. The lowest BCUT2D eigenvalue weighted by molar-refractivity contribution is 0.0949. The van der Waals surface area contributed by atoms with Crippen LogP contribution in [0.5, 0.6) is 0 Å². The van der Waals surface area contributed by atoms with Crippen molar-refractivity contribution >= 4 is 23.2 Å². The summed E-state index contributed by atoms with van der Waals surface area (Å²) in [5.41, 5.74) is 8.84. The van der Waals surface area contributed by atoms with E-state index in [2.05, 4.69) is 26.8 Å². The first-order valence-electron chi connectivity index (χ1n) is 8.39. The third kappa shape index (κ3) is 3.02. The zero-order chi connectivity index (χ0) is 18.1. The Kier molecular flexibility index (Phi) is 4.31. The predicted octanol–water partition coefficient (Wildman–Crippen LogP) is 3.98. The van der Waals surface area contributed by atoms with Crippen molar-refractivity contribution in [2.24, 2.45) is 5.10 Å². The fraction of sp³-hybridized carbons (Fsp3) is 0.150. The van der Waals surface area contributed by atoms with E-state index in [-0.39, 0.29) is 5.91 Å². The molecule has 0 spiro atoms. The number of amides is 1. The molecule has 1 aromatic heterocycles. The number of aryl methyl sites for hydroxylation is 1. The van der Waals surface area contributed by atoms with Crippen molar-refractivity contribution in [1.29, 1.82) is 0 Å². The lowest BCUT2D eigenvalue weighted by atomic mass is 9.89. The first kappa shape index (κ1) is 16.5. The van der Waals surface area contributed by atoms with Gasteiger partial charge in [-0.2, -0.15) is 10.2 Å². The van der Waals surface area contributed by atoms with Crippen molar-refractivity contribution in [3.63, 3.8) is 0 Å². The number of aromatic amines is 1. The number of halogens is 1. The number of hydrogen-bond acceptors (Lipinski definition) is 3. The topological polar surface area (TPSA) is 70.1 Å². The average Bonchev–Trinajstić information content (AvgIpc) is 3.11. The molecular formula is C20H17ClN4O. The molecule has 0 bridgehead atoms. The molecule has 0 atom stereocenters. The number of aromatic nitrogens is 2. The van der Waals surface area contributed by atoms with Crippen molar-refractivity contribution in [3.8, 4) is 11.3 Å². The molecule has 1 aliphatic carbocycles. The second-order valence-corrected chi connectivity index (χ2v) is 6.66. The molecule has 1 aliphatic rings. The van der Waals surface area contributed by atoms with Crippen molar-refractivity contribution in [2.75, 3.05) is 0 Å². The van der Waals surface area contributed by atoms with E-state index in [0.29, 0.717) is 16.4 Å². The normalized spacial score (nSPS) is 13.1. The molecule has 1 heterocycles. The van der Waals surface area contributed by atoms with Crippen LogP contribution < -0.4 is 5.43 Å². The maximum Gasteiger partial charge on any atom is 0.289 e. The summed E-state index contributed by atoms with van der Waals surface area (Å²) >= 11 is 5.89. The molecule has 1 amide bonds. The number of carbonyl (C=O) groups excluding carboxylic acids is 1. The average molecular weight is 365 g/mol. The van der Waals surface area contributed by atoms with Crippen LogP contribution in [0.4, 0.5) is 0 Å². The molecule has 6 heteroatoms. The third-order valence-electron chi connectivity index (χ3n) is 4.60. The quantitative estimate of drug-likeness (QED) is 0.545. The van der Waals surface area contributed by atoms with Crippen molar-refractivity contribution in [1.82, 2.24) is 15.6 Å². The number of fused-ring (bicyclic) bond motifs is 3. The van der Waals surface area contributed by atoms with Crippen LogP contribution in [0.3, 0.4) is 0 Å². The molecule has 0 aliphatic heterocycles. The van der Waals surface area contributed by atoms with Crippen LogP contribution >= 0.6 is 11.6 Å². The molecule has 0 radical (unpaired) electrons. The number of hydrazone groups is 1. The van der Waals surface area contributed by atoms with Crippen LogP contribution in [-0.4, -0.2) is 21.8 Å². The lowest BCUT2D eigenvalue weighted by Crippen LogP contribution is -2.21. The van der Waals surface area contributed by atoms with Gasteiger partial charge >= 0.3 is 0 Å². The van der Waals surface area contributed by atoms with E-state index in [1.807, 2.05) is 37.3 Å². The standard InChI is InChI=1S/C20H17ClN4O/c1-12(13-6-9-15(21)10-7-13)22-25-20(26)19-17-11-8-14-4-2-3-5-16(14)18(17)23-24-19/h2-7,9-10H,8,11H2,1H3,(H,23,24)(H,25,26). The zero-order valence-corrected chi connectivity index (χ0v) is 15.0. The minimum absolute atomic E-state index is 0.286. The van der Waals surface area contributed by atoms with Crippen molar-refractivity contribution < 1.29 is 4.79 Å². The Bertz CT molecular complexity index is 1000. The molecule has 3 aromatic rings. The number of benzene rings is 2. The summed E-state index contributed by atoms with van der Waals surface area (Å²) in [7, 11) is 0. The highest BCUT2D eigenvalue weighted by Gasteiger charge is 2.24. The fourth-order valence-electron chi connectivity index (χ4n) is 3.19.